The van der Waals surface area contributed by atoms with Crippen LogP contribution in [0.25, 0.3) is 5.13 Å². The SMILES string of the molecule is COCCN(CC1CCCN2CCCCC12)C(=O)c1sc(-n2cccc2)nc1C. The molecule has 0 N–H and O–H groups in total. The van der Waals surface area contributed by atoms with E-state index in [0.29, 0.717) is 25.1 Å². The van der Waals surface area contributed by atoms with E-state index < -0.39 is 0 Å². The number of amides is 1. The lowest BCUT2D eigenvalue weighted by molar-refractivity contribution is 0.0317. The zero-order valence-corrected chi connectivity index (χ0v) is 18.4. The number of hydrogen-bond acceptors (Lipinski definition) is 5. The molecular formula is C22H32N4O2S. The van der Waals surface area contributed by atoms with Crippen molar-refractivity contribution in [2.24, 2.45) is 5.92 Å². The third-order valence-electron chi connectivity index (χ3n) is 6.34. The number of aromatic nitrogens is 2. The molecule has 0 bridgehead atoms. The Balaban J connectivity index is 1.52. The van der Waals surface area contributed by atoms with E-state index in [9.17, 15) is 4.79 Å². The average Bonchev–Trinajstić information content (AvgIpc) is 3.40. The summed E-state index contributed by atoms with van der Waals surface area (Å²) < 4.78 is 7.30. The highest BCUT2D eigenvalue weighted by Gasteiger charge is 2.35. The van der Waals surface area contributed by atoms with Crippen LogP contribution in [0.2, 0.25) is 0 Å². The molecule has 0 radical (unpaired) electrons. The highest BCUT2D eigenvalue weighted by atomic mass is 32.1. The second-order valence-corrected chi connectivity index (χ2v) is 9.22. The Labute approximate surface area is 177 Å². The lowest BCUT2D eigenvalue weighted by Crippen LogP contribution is -2.52. The van der Waals surface area contributed by atoms with E-state index in [1.807, 2.05) is 40.9 Å². The van der Waals surface area contributed by atoms with Gasteiger partial charge in [-0.25, -0.2) is 4.98 Å². The molecule has 0 aromatic carbocycles. The summed E-state index contributed by atoms with van der Waals surface area (Å²) in [7, 11) is 1.70. The zero-order chi connectivity index (χ0) is 20.2. The minimum atomic E-state index is 0.100. The molecule has 0 spiro atoms. The Morgan fingerprint density at radius 3 is 2.83 bits per heavy atom. The van der Waals surface area contributed by atoms with E-state index >= 15 is 0 Å². The third-order valence-corrected chi connectivity index (χ3v) is 7.50. The Morgan fingerprint density at radius 2 is 2.03 bits per heavy atom. The van der Waals surface area contributed by atoms with Crippen LogP contribution in [0, 0.1) is 12.8 Å². The molecule has 1 amide bonds. The number of aryl methyl sites for hydroxylation is 1. The first kappa shape index (κ1) is 20.6. The zero-order valence-electron chi connectivity index (χ0n) is 17.5. The fourth-order valence-corrected chi connectivity index (χ4v) is 5.85. The quantitative estimate of drug-likeness (QED) is 0.692. The fourth-order valence-electron chi connectivity index (χ4n) is 4.85. The van der Waals surface area contributed by atoms with Crippen LogP contribution in [0.3, 0.4) is 0 Å². The van der Waals surface area contributed by atoms with Gasteiger partial charge in [0.1, 0.15) is 4.88 Å². The van der Waals surface area contributed by atoms with Crippen LogP contribution in [0.15, 0.2) is 24.5 Å². The van der Waals surface area contributed by atoms with Crippen LogP contribution >= 0.6 is 11.3 Å². The Hall–Kier alpha value is -1.70. The number of carbonyl (C=O) groups is 1. The second kappa shape index (κ2) is 9.41. The van der Waals surface area contributed by atoms with Gasteiger partial charge in [-0.3, -0.25) is 4.79 Å². The topological polar surface area (TPSA) is 50.6 Å². The third kappa shape index (κ3) is 4.57. The summed E-state index contributed by atoms with van der Waals surface area (Å²) in [6.07, 6.45) is 10.3. The number of ether oxygens (including phenoxy) is 1. The maximum Gasteiger partial charge on any atom is 0.266 e. The van der Waals surface area contributed by atoms with Crippen molar-refractivity contribution in [3.63, 3.8) is 0 Å². The largest absolute Gasteiger partial charge is 0.383 e. The Bertz CT molecular complexity index is 802. The van der Waals surface area contributed by atoms with Gasteiger partial charge in [0, 0.05) is 38.6 Å². The summed E-state index contributed by atoms with van der Waals surface area (Å²) in [6, 6.07) is 4.58. The average molecular weight is 417 g/mol. The van der Waals surface area contributed by atoms with Gasteiger partial charge in [0.2, 0.25) is 0 Å². The molecule has 2 fully saturated rings. The van der Waals surface area contributed by atoms with Gasteiger partial charge in [-0.1, -0.05) is 17.8 Å². The molecule has 2 aromatic heterocycles. The lowest BCUT2D eigenvalue weighted by atomic mass is 9.83. The van der Waals surface area contributed by atoms with E-state index in [0.717, 1.165) is 22.2 Å². The van der Waals surface area contributed by atoms with E-state index in [-0.39, 0.29) is 5.91 Å². The van der Waals surface area contributed by atoms with Gasteiger partial charge in [0.15, 0.2) is 5.13 Å². The molecule has 2 atom stereocenters. The molecular weight excluding hydrogens is 384 g/mol. The van der Waals surface area contributed by atoms with Crippen molar-refractivity contribution in [3.05, 3.63) is 35.1 Å². The molecule has 2 aromatic rings. The minimum Gasteiger partial charge on any atom is -0.383 e. The summed E-state index contributed by atoms with van der Waals surface area (Å²) in [6.45, 7) is 6.40. The van der Waals surface area contributed by atoms with E-state index in [4.69, 9.17) is 4.74 Å². The van der Waals surface area contributed by atoms with Crippen molar-refractivity contribution in [2.75, 3.05) is 39.9 Å². The summed E-state index contributed by atoms with van der Waals surface area (Å²) in [5.41, 5.74) is 0.814. The van der Waals surface area contributed by atoms with Gasteiger partial charge >= 0.3 is 0 Å². The Kier molecular flexibility index (Phi) is 6.67. The number of hydrogen-bond donors (Lipinski definition) is 0. The molecule has 29 heavy (non-hydrogen) atoms. The monoisotopic (exact) mass is 416 g/mol. The van der Waals surface area contributed by atoms with Crippen LogP contribution in [0.4, 0.5) is 0 Å². The fraction of sp³-hybridized carbons (Fsp3) is 0.636. The van der Waals surface area contributed by atoms with Gasteiger partial charge in [0.05, 0.1) is 12.3 Å². The van der Waals surface area contributed by atoms with Gasteiger partial charge in [-0.2, -0.15) is 0 Å². The predicted molar refractivity (Wildman–Crippen MR) is 116 cm³/mol. The van der Waals surface area contributed by atoms with Crippen LogP contribution in [0.5, 0.6) is 0 Å². The molecule has 7 heteroatoms. The predicted octanol–water partition coefficient (Wildman–Crippen LogP) is 3.60. The number of methoxy groups -OCH3 is 1. The highest BCUT2D eigenvalue weighted by molar-refractivity contribution is 7.16. The lowest BCUT2D eigenvalue weighted by Gasteiger charge is -2.45. The van der Waals surface area contributed by atoms with E-state index in [1.165, 1.54) is 56.5 Å². The van der Waals surface area contributed by atoms with Crippen molar-refractivity contribution in [3.8, 4) is 5.13 Å². The van der Waals surface area contributed by atoms with Crippen molar-refractivity contribution in [1.29, 1.82) is 0 Å². The highest BCUT2D eigenvalue weighted by Crippen LogP contribution is 2.32. The minimum absolute atomic E-state index is 0.100. The van der Waals surface area contributed by atoms with Crippen molar-refractivity contribution < 1.29 is 9.53 Å². The Morgan fingerprint density at radius 1 is 1.24 bits per heavy atom. The van der Waals surface area contributed by atoms with Gasteiger partial charge < -0.3 is 19.1 Å². The van der Waals surface area contributed by atoms with Crippen LogP contribution in [0.1, 0.15) is 47.5 Å². The van der Waals surface area contributed by atoms with Crippen LogP contribution in [-0.2, 0) is 4.74 Å². The molecule has 158 valence electrons. The van der Waals surface area contributed by atoms with Crippen LogP contribution in [-0.4, -0.2) is 71.2 Å². The van der Waals surface area contributed by atoms with E-state index in [1.54, 1.807) is 7.11 Å². The molecule has 2 aliphatic heterocycles. The van der Waals surface area contributed by atoms with Crippen LogP contribution < -0.4 is 0 Å². The maximum atomic E-state index is 13.5. The smallest absolute Gasteiger partial charge is 0.266 e. The van der Waals surface area contributed by atoms with Gasteiger partial charge in [-0.15, -0.1) is 0 Å². The first-order valence-electron chi connectivity index (χ1n) is 10.8. The molecule has 2 aliphatic rings. The van der Waals surface area contributed by atoms with E-state index in [2.05, 4.69) is 9.88 Å². The first-order chi connectivity index (χ1) is 14.2. The van der Waals surface area contributed by atoms with Gasteiger partial charge in [-0.05, 0) is 63.7 Å². The standard InChI is InChI=1S/C22H32N4O2S/c1-17-20(29-22(23-17)25-11-5-6-12-25)21(27)26(14-15-28-2)16-18-8-7-13-24-10-4-3-9-19(18)24/h5-6,11-12,18-19H,3-4,7-10,13-16H2,1-2H3. The molecule has 0 aliphatic carbocycles. The molecule has 2 unspecified atom stereocenters. The number of rotatable bonds is 7. The number of thiazole rings is 1. The summed E-state index contributed by atoms with van der Waals surface area (Å²) in [5, 5.41) is 0.846. The van der Waals surface area contributed by atoms with Crippen molar-refractivity contribution >= 4 is 17.2 Å². The molecule has 4 heterocycles. The maximum absolute atomic E-state index is 13.5. The van der Waals surface area contributed by atoms with Crippen molar-refractivity contribution in [1.82, 2.24) is 19.4 Å². The number of piperidine rings is 2. The number of fused-ring (bicyclic) bond motifs is 1. The number of nitrogens with zero attached hydrogens (tertiary/aromatic N) is 4. The molecule has 6 nitrogen and oxygen atoms in total. The molecule has 4 rings (SSSR count). The normalized spacial score (nSPS) is 22.4. The summed E-state index contributed by atoms with van der Waals surface area (Å²) in [4.78, 5) is 23.6. The molecule has 0 saturated carbocycles. The molecule has 2 saturated heterocycles. The summed E-state index contributed by atoms with van der Waals surface area (Å²) in [5.74, 6) is 0.658. The summed E-state index contributed by atoms with van der Waals surface area (Å²) >= 11 is 1.48. The van der Waals surface area contributed by atoms with Gasteiger partial charge in [0.25, 0.3) is 5.91 Å². The first-order valence-corrected chi connectivity index (χ1v) is 11.6. The number of carbonyl (C=O) groups excluding carboxylic acids is 1. The second-order valence-electron chi connectivity index (χ2n) is 8.25. The van der Waals surface area contributed by atoms with Crippen molar-refractivity contribution in [2.45, 2.75) is 45.1 Å².